The Morgan fingerprint density at radius 1 is 1.22 bits per heavy atom. The molecule has 1 aliphatic heterocycles. The molecule has 1 fully saturated rings. The Kier molecular flexibility index (Phi) is 10.8. The van der Waals surface area contributed by atoms with Gasteiger partial charge in [0.1, 0.15) is 0 Å². The molecule has 0 atom stereocenters. The summed E-state index contributed by atoms with van der Waals surface area (Å²) >= 11 is 7.51. The lowest BCUT2D eigenvalue weighted by molar-refractivity contribution is -0.134. The first-order chi connectivity index (χ1) is 10.1. The van der Waals surface area contributed by atoms with Crippen LogP contribution in [0.15, 0.2) is 12.1 Å². The summed E-state index contributed by atoms with van der Waals surface area (Å²) in [6.07, 6.45) is 0. The number of nitrogens with zero attached hydrogens (tertiary/aromatic N) is 2. The summed E-state index contributed by atoms with van der Waals surface area (Å²) in [6.45, 7) is 3.80. The van der Waals surface area contributed by atoms with Crippen LogP contribution in [0.2, 0.25) is 4.34 Å². The highest BCUT2D eigenvalue weighted by Crippen LogP contribution is 2.23. The van der Waals surface area contributed by atoms with Gasteiger partial charge in [-0.1, -0.05) is 11.6 Å². The molecule has 0 aromatic carbocycles. The van der Waals surface area contributed by atoms with Crippen molar-refractivity contribution in [1.82, 2.24) is 15.1 Å². The molecule has 0 radical (unpaired) electrons. The molecule has 0 aliphatic carbocycles. The zero-order valence-electron chi connectivity index (χ0n) is 12.5. The monoisotopic (exact) mass is 402 g/mol. The first-order valence-corrected chi connectivity index (χ1v) is 7.99. The van der Waals surface area contributed by atoms with Crippen LogP contribution >= 0.6 is 47.8 Å². The van der Waals surface area contributed by atoms with Gasteiger partial charge in [-0.05, 0) is 12.1 Å². The molecular weight excluding hydrogens is 383 g/mol. The van der Waals surface area contributed by atoms with Crippen molar-refractivity contribution in [3.8, 4) is 0 Å². The zero-order chi connectivity index (χ0) is 15.2. The van der Waals surface area contributed by atoms with Crippen LogP contribution < -0.4 is 11.1 Å². The van der Waals surface area contributed by atoms with Crippen molar-refractivity contribution in [2.24, 2.45) is 5.73 Å². The third-order valence-corrected chi connectivity index (χ3v) is 4.57. The quantitative estimate of drug-likeness (QED) is 0.768. The van der Waals surface area contributed by atoms with Crippen LogP contribution in [0.5, 0.6) is 0 Å². The normalized spacial score (nSPS) is 14.6. The molecule has 6 nitrogen and oxygen atoms in total. The second kappa shape index (κ2) is 11.1. The fourth-order valence-corrected chi connectivity index (χ4v) is 3.30. The lowest BCUT2D eigenvalue weighted by Gasteiger charge is -2.34. The Bertz CT molecular complexity index is 507. The van der Waals surface area contributed by atoms with E-state index in [2.05, 4.69) is 10.2 Å². The molecule has 132 valence electrons. The molecule has 2 rings (SSSR count). The average Bonchev–Trinajstić information content (AvgIpc) is 2.90. The van der Waals surface area contributed by atoms with Crippen molar-refractivity contribution in [3.05, 3.63) is 21.3 Å². The van der Waals surface area contributed by atoms with Crippen molar-refractivity contribution in [2.45, 2.75) is 6.54 Å². The fourth-order valence-electron chi connectivity index (χ4n) is 2.17. The van der Waals surface area contributed by atoms with Gasteiger partial charge in [-0.2, -0.15) is 0 Å². The van der Waals surface area contributed by atoms with Crippen molar-refractivity contribution in [1.29, 1.82) is 0 Å². The Labute approximate surface area is 157 Å². The molecule has 0 unspecified atom stereocenters. The second-order valence-corrected chi connectivity index (χ2v) is 6.64. The van der Waals surface area contributed by atoms with E-state index >= 15 is 0 Å². The summed E-state index contributed by atoms with van der Waals surface area (Å²) < 4.78 is 0.800. The summed E-state index contributed by atoms with van der Waals surface area (Å²) in [5, 5.41) is 2.50. The highest BCUT2D eigenvalue weighted by atomic mass is 35.5. The van der Waals surface area contributed by atoms with Crippen molar-refractivity contribution in [2.75, 3.05) is 39.3 Å². The third kappa shape index (κ3) is 7.24. The summed E-state index contributed by atoms with van der Waals surface area (Å²) in [6, 6.07) is 3.94. The van der Waals surface area contributed by atoms with Crippen molar-refractivity contribution >= 4 is 59.6 Å². The lowest BCUT2D eigenvalue weighted by Crippen LogP contribution is -2.51. The number of thiophene rings is 1. The fraction of sp³-hybridized carbons (Fsp3) is 0.538. The maximum Gasteiger partial charge on any atom is 0.242 e. The third-order valence-electron chi connectivity index (χ3n) is 3.36. The number of hydrogen-bond donors (Lipinski definition) is 2. The molecule has 2 heterocycles. The van der Waals surface area contributed by atoms with Gasteiger partial charge in [0.2, 0.25) is 11.8 Å². The van der Waals surface area contributed by atoms with E-state index in [1.54, 1.807) is 16.2 Å². The molecule has 0 saturated carbocycles. The maximum atomic E-state index is 11.9. The van der Waals surface area contributed by atoms with Gasteiger partial charge in [0.05, 0.1) is 17.4 Å². The van der Waals surface area contributed by atoms with E-state index in [0.717, 1.165) is 24.0 Å². The molecule has 1 saturated heterocycles. The van der Waals surface area contributed by atoms with E-state index in [1.165, 1.54) is 4.88 Å². The highest BCUT2D eigenvalue weighted by Gasteiger charge is 2.21. The molecule has 0 bridgehead atoms. The first-order valence-electron chi connectivity index (χ1n) is 6.79. The number of amides is 2. The molecule has 1 aliphatic rings. The summed E-state index contributed by atoms with van der Waals surface area (Å²) in [5.41, 5.74) is 5.18. The van der Waals surface area contributed by atoms with Crippen LogP contribution in [0, 0.1) is 0 Å². The molecule has 23 heavy (non-hydrogen) atoms. The van der Waals surface area contributed by atoms with E-state index in [4.69, 9.17) is 17.3 Å². The van der Waals surface area contributed by atoms with Gasteiger partial charge < -0.3 is 16.0 Å². The summed E-state index contributed by atoms with van der Waals surface area (Å²) in [7, 11) is 0. The summed E-state index contributed by atoms with van der Waals surface area (Å²) in [5.74, 6) is -0.368. The number of rotatable bonds is 5. The minimum atomic E-state index is -0.309. The van der Waals surface area contributed by atoms with Gasteiger partial charge in [-0.25, -0.2) is 0 Å². The zero-order valence-corrected chi connectivity index (χ0v) is 15.7. The van der Waals surface area contributed by atoms with Crippen molar-refractivity contribution < 1.29 is 9.59 Å². The Morgan fingerprint density at radius 2 is 1.87 bits per heavy atom. The summed E-state index contributed by atoms with van der Waals surface area (Å²) in [4.78, 5) is 28.3. The van der Waals surface area contributed by atoms with Crippen LogP contribution in [-0.4, -0.2) is 60.9 Å². The Morgan fingerprint density at radius 3 is 2.39 bits per heavy atom. The maximum absolute atomic E-state index is 11.9. The van der Waals surface area contributed by atoms with Crippen LogP contribution in [0.1, 0.15) is 4.88 Å². The van der Waals surface area contributed by atoms with Gasteiger partial charge in [0, 0.05) is 37.6 Å². The van der Waals surface area contributed by atoms with Gasteiger partial charge in [-0.3, -0.25) is 14.5 Å². The van der Waals surface area contributed by atoms with Crippen LogP contribution in [0.3, 0.4) is 0 Å². The number of piperazine rings is 1. The van der Waals surface area contributed by atoms with E-state index in [1.807, 2.05) is 12.1 Å². The Balaban J connectivity index is 0.00000242. The van der Waals surface area contributed by atoms with E-state index in [0.29, 0.717) is 13.1 Å². The number of nitrogens with two attached hydrogens (primary N) is 1. The molecule has 1 aromatic heterocycles. The molecule has 10 heteroatoms. The molecule has 0 spiro atoms. The Hall–Kier alpha value is -0.570. The van der Waals surface area contributed by atoms with E-state index in [9.17, 15) is 9.59 Å². The number of carbonyl (C=O) groups excluding carboxylic acids is 2. The van der Waals surface area contributed by atoms with Crippen LogP contribution in [0.25, 0.3) is 0 Å². The standard InChI is InChI=1S/C13H19ClN4O2S.2ClH/c14-11-2-1-10(21-11)9-17-3-5-18(6-4-17)13(20)8-16-12(19)7-15;;/h1-2H,3-9,15H2,(H,16,19);2*1H. The molecule has 1 aromatic rings. The van der Waals surface area contributed by atoms with E-state index in [-0.39, 0.29) is 49.7 Å². The minimum Gasteiger partial charge on any atom is -0.346 e. The number of nitrogens with one attached hydrogen (secondary N) is 1. The molecule has 3 N–H and O–H groups in total. The molecule has 2 amide bonds. The number of hydrogen-bond acceptors (Lipinski definition) is 5. The SMILES string of the molecule is Cl.Cl.NCC(=O)NCC(=O)N1CCN(Cc2ccc(Cl)s2)CC1. The van der Waals surface area contributed by atoms with Crippen LogP contribution in [-0.2, 0) is 16.1 Å². The van der Waals surface area contributed by atoms with Crippen molar-refractivity contribution in [3.63, 3.8) is 0 Å². The predicted molar refractivity (Wildman–Crippen MR) is 97.7 cm³/mol. The average molecular weight is 404 g/mol. The molecular formula is C13H21Cl3N4O2S. The number of carbonyl (C=O) groups is 2. The lowest BCUT2D eigenvalue weighted by atomic mass is 10.3. The second-order valence-electron chi connectivity index (χ2n) is 4.84. The topological polar surface area (TPSA) is 78.7 Å². The first kappa shape index (κ1) is 22.4. The van der Waals surface area contributed by atoms with Gasteiger partial charge in [0.15, 0.2) is 0 Å². The minimum absolute atomic E-state index is 0. The van der Waals surface area contributed by atoms with Gasteiger partial charge >= 0.3 is 0 Å². The highest BCUT2D eigenvalue weighted by molar-refractivity contribution is 7.16. The largest absolute Gasteiger partial charge is 0.346 e. The van der Waals surface area contributed by atoms with Crippen LogP contribution in [0.4, 0.5) is 0 Å². The predicted octanol–water partition coefficient (Wildman–Crippen LogP) is 0.964. The van der Waals surface area contributed by atoms with Gasteiger partial charge in [-0.15, -0.1) is 36.2 Å². The van der Waals surface area contributed by atoms with Gasteiger partial charge in [0.25, 0.3) is 0 Å². The van der Waals surface area contributed by atoms with E-state index < -0.39 is 0 Å². The number of halogens is 3. The smallest absolute Gasteiger partial charge is 0.242 e.